The second-order valence-corrected chi connectivity index (χ2v) is 10.9. The molecule has 0 spiro atoms. The average Bonchev–Trinajstić information content (AvgIpc) is 3.38. The fourth-order valence-corrected chi connectivity index (χ4v) is 5.77. The molecular weight excluding hydrogens is 553 g/mol. The van der Waals surface area contributed by atoms with E-state index in [9.17, 15) is 0 Å². The molecule has 8 heteroatoms. The first-order valence-corrected chi connectivity index (χ1v) is 14.2. The highest BCUT2D eigenvalue weighted by Gasteiger charge is 2.36. The van der Waals surface area contributed by atoms with Crippen molar-refractivity contribution in [1.82, 2.24) is 24.6 Å². The van der Waals surface area contributed by atoms with Crippen molar-refractivity contribution in [3.05, 3.63) is 137 Å². The lowest BCUT2D eigenvalue weighted by atomic mass is 9.94. The molecule has 0 unspecified atom stereocenters. The molecule has 0 bridgehead atoms. The lowest BCUT2D eigenvalue weighted by molar-refractivity contribution is -0.00140. The zero-order valence-corrected chi connectivity index (χ0v) is 23.5. The minimum atomic E-state index is -0.0348. The van der Waals surface area contributed by atoms with E-state index < -0.39 is 0 Å². The molecule has 2 aromatic heterocycles. The second-order valence-electron chi connectivity index (χ2n) is 10.0. The molecule has 1 aliphatic heterocycles. The van der Waals surface area contributed by atoms with Gasteiger partial charge in [-0.1, -0.05) is 108 Å². The Balaban J connectivity index is 1.22. The van der Waals surface area contributed by atoms with E-state index in [0.29, 0.717) is 27.0 Å². The van der Waals surface area contributed by atoms with Gasteiger partial charge in [-0.25, -0.2) is 9.67 Å². The molecule has 0 N–H and O–H groups in total. The zero-order valence-electron chi connectivity index (χ0n) is 21.9. The van der Waals surface area contributed by atoms with Crippen molar-refractivity contribution in [3.8, 4) is 22.8 Å². The topological polar surface area (TPSA) is 56.1 Å². The molecule has 7 rings (SSSR count). The summed E-state index contributed by atoms with van der Waals surface area (Å²) in [5.74, 6) is 0.455. The molecule has 41 heavy (non-hydrogen) atoms. The summed E-state index contributed by atoms with van der Waals surface area (Å²) >= 11 is 12.8. The normalized spacial score (nSPS) is 13.9. The van der Waals surface area contributed by atoms with Crippen molar-refractivity contribution in [2.45, 2.75) is 12.1 Å². The van der Waals surface area contributed by atoms with E-state index in [4.69, 9.17) is 33.0 Å². The summed E-state index contributed by atoms with van der Waals surface area (Å²) in [6, 6.07) is 36.5. The van der Waals surface area contributed by atoms with Crippen LogP contribution < -0.4 is 4.74 Å². The van der Waals surface area contributed by atoms with Crippen LogP contribution >= 0.6 is 23.2 Å². The summed E-state index contributed by atoms with van der Waals surface area (Å²) in [6.45, 7) is 1.52. The molecule has 0 aliphatic carbocycles. The van der Waals surface area contributed by atoms with Crippen molar-refractivity contribution in [2.75, 3.05) is 13.1 Å². The van der Waals surface area contributed by atoms with Crippen LogP contribution in [0.3, 0.4) is 0 Å². The largest absolute Gasteiger partial charge is 0.470 e. The molecule has 0 radical (unpaired) electrons. The van der Waals surface area contributed by atoms with E-state index in [1.807, 2.05) is 65.3 Å². The number of rotatable bonds is 7. The Labute approximate surface area is 247 Å². The number of para-hydroxylation sites is 1. The molecule has 0 saturated carbocycles. The number of hydrogen-bond donors (Lipinski definition) is 0. The molecular formula is C33H25Cl2N5O. The summed E-state index contributed by atoms with van der Waals surface area (Å²) in [6.07, 6.45) is 1.50. The van der Waals surface area contributed by atoms with Gasteiger partial charge in [0.1, 0.15) is 23.6 Å². The quantitative estimate of drug-likeness (QED) is 0.195. The number of likely N-dealkylation sites (tertiary alicyclic amines) is 1. The fourth-order valence-electron chi connectivity index (χ4n) is 5.42. The van der Waals surface area contributed by atoms with E-state index in [2.05, 4.69) is 63.4 Å². The van der Waals surface area contributed by atoms with Gasteiger partial charge in [0, 0.05) is 23.7 Å². The molecule has 3 heterocycles. The van der Waals surface area contributed by atoms with E-state index in [0.717, 1.165) is 30.0 Å². The minimum Gasteiger partial charge on any atom is -0.470 e. The van der Waals surface area contributed by atoms with Gasteiger partial charge in [0.15, 0.2) is 5.52 Å². The minimum absolute atomic E-state index is 0.0348. The molecule has 6 nitrogen and oxygen atoms in total. The van der Waals surface area contributed by atoms with Crippen molar-refractivity contribution in [1.29, 1.82) is 0 Å². The van der Waals surface area contributed by atoms with Crippen LogP contribution in [0.4, 0.5) is 0 Å². The Morgan fingerprint density at radius 2 is 1.34 bits per heavy atom. The van der Waals surface area contributed by atoms with Crippen molar-refractivity contribution >= 4 is 34.2 Å². The van der Waals surface area contributed by atoms with Gasteiger partial charge in [-0.3, -0.25) is 4.90 Å². The molecule has 0 atom stereocenters. The summed E-state index contributed by atoms with van der Waals surface area (Å²) in [5.41, 5.74) is 6.22. The van der Waals surface area contributed by atoms with E-state index in [1.54, 1.807) is 0 Å². The monoisotopic (exact) mass is 577 g/mol. The lowest BCUT2D eigenvalue weighted by Gasteiger charge is -2.44. The first-order valence-electron chi connectivity index (χ1n) is 13.4. The molecule has 1 aliphatic rings. The van der Waals surface area contributed by atoms with Crippen LogP contribution in [0.1, 0.15) is 17.2 Å². The van der Waals surface area contributed by atoms with Crippen LogP contribution in [0.2, 0.25) is 10.0 Å². The fraction of sp³-hybridized carbons (Fsp3) is 0.121. The van der Waals surface area contributed by atoms with Gasteiger partial charge >= 0.3 is 0 Å². The first-order chi connectivity index (χ1) is 20.2. The first kappa shape index (κ1) is 25.7. The van der Waals surface area contributed by atoms with E-state index in [1.165, 1.54) is 17.5 Å². The van der Waals surface area contributed by atoms with Gasteiger partial charge in [0.2, 0.25) is 5.88 Å². The van der Waals surface area contributed by atoms with Crippen molar-refractivity contribution < 1.29 is 4.74 Å². The Morgan fingerprint density at radius 3 is 2.00 bits per heavy atom. The molecule has 202 valence electrons. The van der Waals surface area contributed by atoms with Crippen molar-refractivity contribution in [2.24, 2.45) is 0 Å². The van der Waals surface area contributed by atoms with Crippen LogP contribution in [0.25, 0.3) is 28.0 Å². The summed E-state index contributed by atoms with van der Waals surface area (Å²) in [7, 11) is 0. The van der Waals surface area contributed by atoms with Gasteiger partial charge < -0.3 is 4.74 Å². The van der Waals surface area contributed by atoms with E-state index in [-0.39, 0.29) is 12.1 Å². The number of benzene rings is 4. The van der Waals surface area contributed by atoms with Crippen LogP contribution in [0, 0.1) is 0 Å². The van der Waals surface area contributed by atoms with Crippen LogP contribution in [0.15, 0.2) is 116 Å². The third-order valence-corrected chi connectivity index (χ3v) is 7.95. The summed E-state index contributed by atoms with van der Waals surface area (Å²) in [4.78, 5) is 11.6. The number of nitrogens with zero attached hydrogens (tertiary/aromatic N) is 5. The maximum atomic E-state index is 6.62. The predicted octanol–water partition coefficient (Wildman–Crippen LogP) is 7.64. The Hall–Kier alpha value is -4.23. The van der Waals surface area contributed by atoms with Crippen LogP contribution in [-0.4, -0.2) is 43.8 Å². The number of fused-ring (bicyclic) bond motifs is 1. The third kappa shape index (κ3) is 4.95. The Bertz CT molecular complexity index is 1760. The van der Waals surface area contributed by atoms with Gasteiger partial charge in [-0.2, -0.15) is 10.1 Å². The Morgan fingerprint density at radius 1 is 0.707 bits per heavy atom. The van der Waals surface area contributed by atoms with Gasteiger partial charge in [-0.15, -0.1) is 0 Å². The highest BCUT2D eigenvalue weighted by molar-refractivity contribution is 6.32. The third-order valence-electron chi connectivity index (χ3n) is 7.37. The molecule has 1 saturated heterocycles. The smallest absolute Gasteiger partial charge is 0.246 e. The van der Waals surface area contributed by atoms with Crippen molar-refractivity contribution in [3.63, 3.8) is 0 Å². The number of hydrogen-bond acceptors (Lipinski definition) is 5. The maximum absolute atomic E-state index is 6.62. The predicted molar refractivity (Wildman–Crippen MR) is 163 cm³/mol. The Kier molecular flexibility index (Phi) is 6.88. The summed E-state index contributed by atoms with van der Waals surface area (Å²) < 4.78 is 8.29. The van der Waals surface area contributed by atoms with Gasteiger partial charge in [0.05, 0.1) is 16.8 Å². The van der Waals surface area contributed by atoms with Crippen LogP contribution in [-0.2, 0) is 0 Å². The van der Waals surface area contributed by atoms with Gasteiger partial charge in [-0.05, 0) is 35.4 Å². The van der Waals surface area contributed by atoms with Crippen LogP contribution in [0.5, 0.6) is 5.88 Å². The molecule has 1 fully saturated rings. The molecule has 4 aromatic carbocycles. The maximum Gasteiger partial charge on any atom is 0.246 e. The zero-order chi connectivity index (χ0) is 27.8. The number of ether oxygens (including phenoxy) is 1. The average molecular weight is 579 g/mol. The van der Waals surface area contributed by atoms with Gasteiger partial charge in [0.25, 0.3) is 0 Å². The lowest BCUT2D eigenvalue weighted by Crippen LogP contribution is -2.55. The highest BCUT2D eigenvalue weighted by atomic mass is 35.5. The molecule has 0 amide bonds. The number of aromatic nitrogens is 4. The molecule has 6 aromatic rings. The standard InChI is InChI=1S/C33H25Cl2N5O/c34-25-17-15-24(16-18-25)32-29-30(38-40(32)28-14-8-7-13-27(28)35)33(37-21-36-29)41-26-19-39(20-26)31(22-9-3-1-4-10-22)23-11-5-2-6-12-23/h1-18,21,26,31H,19-20H2. The second kappa shape index (κ2) is 11.0. The summed E-state index contributed by atoms with van der Waals surface area (Å²) in [5, 5.41) is 6.17. The van der Waals surface area contributed by atoms with E-state index >= 15 is 0 Å². The highest BCUT2D eigenvalue weighted by Crippen LogP contribution is 2.37. The number of halogens is 2. The SMILES string of the molecule is Clc1ccc(-c2c3ncnc(OC4CN(C(c5ccccc5)c5ccccc5)C4)c3nn2-c2ccccc2Cl)cc1.